The summed E-state index contributed by atoms with van der Waals surface area (Å²) in [6, 6.07) is 11.0. The largest absolute Gasteiger partial charge is 0.332 e. The lowest BCUT2D eigenvalue weighted by molar-refractivity contribution is -0.116. The maximum absolute atomic E-state index is 13.7. The number of benzene rings is 2. The van der Waals surface area contributed by atoms with Gasteiger partial charge in [-0.05, 0) is 48.9 Å². The van der Waals surface area contributed by atoms with E-state index in [9.17, 15) is 18.8 Å². The number of aryl methyl sites for hydroxylation is 2. The van der Waals surface area contributed by atoms with E-state index >= 15 is 0 Å². The minimum absolute atomic E-state index is 0.0824. The fraction of sp³-hybridized carbons (Fsp3) is 0.136. The minimum atomic E-state index is -0.714. The zero-order valence-electron chi connectivity index (χ0n) is 17.1. The number of nitrogens with zero attached hydrogens (tertiary/aromatic N) is 4. The number of rotatable bonds is 4. The van der Waals surface area contributed by atoms with Gasteiger partial charge < -0.3 is 5.32 Å². The molecule has 0 radical (unpaired) electrons. The number of anilines is 1. The van der Waals surface area contributed by atoms with E-state index in [1.54, 1.807) is 31.2 Å². The molecule has 2 heterocycles. The van der Waals surface area contributed by atoms with Crippen molar-refractivity contribution in [3.63, 3.8) is 0 Å². The van der Waals surface area contributed by atoms with Gasteiger partial charge in [-0.15, -0.1) is 0 Å². The van der Waals surface area contributed by atoms with Crippen LogP contribution in [0, 0.1) is 12.7 Å². The van der Waals surface area contributed by atoms with Crippen molar-refractivity contribution in [3.05, 3.63) is 85.9 Å². The molecular formula is C22H17ClFN5O3. The molecule has 0 aliphatic carbocycles. The topological polar surface area (TPSA) is 98.9 Å². The number of carbonyl (C=O) groups is 1. The first kappa shape index (κ1) is 21.4. The first-order valence-electron chi connectivity index (χ1n) is 9.53. The zero-order chi connectivity index (χ0) is 23.0. The second-order valence-electron chi connectivity index (χ2n) is 7.18. The summed E-state index contributed by atoms with van der Waals surface area (Å²) in [5.41, 5.74) is 0.0413. The van der Waals surface area contributed by atoms with Crippen LogP contribution in [0.4, 0.5) is 10.1 Å². The molecule has 0 unspecified atom stereocenters. The second kappa shape index (κ2) is 8.35. The summed E-state index contributed by atoms with van der Waals surface area (Å²) < 4.78 is 15.7. The van der Waals surface area contributed by atoms with Crippen molar-refractivity contribution < 1.29 is 9.18 Å². The van der Waals surface area contributed by atoms with E-state index in [0.717, 1.165) is 4.57 Å². The fourth-order valence-electron chi connectivity index (χ4n) is 3.18. The molecule has 0 aliphatic heterocycles. The molecule has 1 N–H and O–H groups in total. The van der Waals surface area contributed by atoms with Crippen molar-refractivity contribution in [2.24, 2.45) is 7.05 Å². The Bertz CT molecular complexity index is 1480. The lowest BCUT2D eigenvalue weighted by Gasteiger charge is -2.11. The van der Waals surface area contributed by atoms with Gasteiger partial charge in [0.25, 0.3) is 5.56 Å². The highest BCUT2D eigenvalue weighted by molar-refractivity contribution is 6.30. The molecule has 8 nitrogen and oxygen atoms in total. The molecule has 0 aliphatic rings. The van der Waals surface area contributed by atoms with E-state index in [2.05, 4.69) is 15.3 Å². The molecule has 0 atom stereocenters. The molecule has 0 saturated carbocycles. The Balaban J connectivity index is 1.69. The van der Waals surface area contributed by atoms with Crippen molar-refractivity contribution in [1.82, 2.24) is 19.1 Å². The van der Waals surface area contributed by atoms with Crippen molar-refractivity contribution in [1.29, 1.82) is 0 Å². The lowest BCUT2D eigenvalue weighted by atomic mass is 10.2. The standard InChI is InChI=1S/C22H17ClFN5O3/c1-12-3-8-15(9-17(12)24)26-18(30)11-29-21(31)16-10-25-19(13-4-6-14(23)7-5-13)27-20(16)28(2)22(29)32/h3-10H,11H2,1-2H3,(H,26,30). The molecule has 0 bridgehead atoms. The molecule has 32 heavy (non-hydrogen) atoms. The summed E-state index contributed by atoms with van der Waals surface area (Å²) in [6.45, 7) is 1.05. The van der Waals surface area contributed by atoms with Gasteiger partial charge in [0.1, 0.15) is 17.7 Å². The summed E-state index contributed by atoms with van der Waals surface area (Å²) >= 11 is 5.90. The Morgan fingerprint density at radius 1 is 1.16 bits per heavy atom. The Morgan fingerprint density at radius 2 is 1.88 bits per heavy atom. The van der Waals surface area contributed by atoms with Crippen LogP contribution < -0.4 is 16.6 Å². The van der Waals surface area contributed by atoms with E-state index in [0.29, 0.717) is 22.0 Å². The van der Waals surface area contributed by atoms with Crippen LogP contribution in [0.1, 0.15) is 5.56 Å². The number of hydrogen-bond donors (Lipinski definition) is 1. The number of amides is 1. The van der Waals surface area contributed by atoms with Crippen LogP contribution in [0.3, 0.4) is 0 Å². The zero-order valence-corrected chi connectivity index (χ0v) is 17.9. The van der Waals surface area contributed by atoms with E-state index in [1.165, 1.54) is 36.0 Å². The van der Waals surface area contributed by atoms with E-state index in [1.807, 2.05) is 0 Å². The molecule has 162 valence electrons. The van der Waals surface area contributed by atoms with Crippen LogP contribution in [0.5, 0.6) is 0 Å². The second-order valence-corrected chi connectivity index (χ2v) is 7.62. The summed E-state index contributed by atoms with van der Waals surface area (Å²) in [5, 5.41) is 3.12. The number of fused-ring (bicyclic) bond motifs is 1. The molecule has 4 aromatic rings. The molecule has 0 fully saturated rings. The van der Waals surface area contributed by atoms with Gasteiger partial charge in [-0.25, -0.2) is 19.2 Å². The predicted octanol–water partition coefficient (Wildman–Crippen LogP) is 2.90. The van der Waals surface area contributed by atoms with Gasteiger partial charge in [-0.1, -0.05) is 17.7 Å². The maximum Gasteiger partial charge on any atom is 0.332 e. The molecule has 4 rings (SSSR count). The Hall–Kier alpha value is -3.85. The van der Waals surface area contributed by atoms with Gasteiger partial charge in [-0.3, -0.25) is 18.7 Å². The van der Waals surface area contributed by atoms with Crippen molar-refractivity contribution >= 4 is 34.2 Å². The average Bonchev–Trinajstić information content (AvgIpc) is 2.78. The van der Waals surface area contributed by atoms with E-state index in [4.69, 9.17) is 11.6 Å². The van der Waals surface area contributed by atoms with Gasteiger partial charge in [0, 0.05) is 29.5 Å². The molecular weight excluding hydrogens is 437 g/mol. The highest BCUT2D eigenvalue weighted by Crippen LogP contribution is 2.19. The molecule has 2 aromatic heterocycles. The number of halogens is 2. The number of aromatic nitrogens is 4. The Morgan fingerprint density at radius 3 is 2.56 bits per heavy atom. The van der Waals surface area contributed by atoms with Gasteiger partial charge in [-0.2, -0.15) is 0 Å². The summed E-state index contributed by atoms with van der Waals surface area (Å²) in [7, 11) is 1.45. The van der Waals surface area contributed by atoms with Gasteiger partial charge in [0.2, 0.25) is 5.91 Å². The normalized spacial score (nSPS) is 11.0. The van der Waals surface area contributed by atoms with E-state index in [-0.39, 0.29) is 16.7 Å². The molecule has 0 spiro atoms. The van der Waals surface area contributed by atoms with Gasteiger partial charge >= 0.3 is 5.69 Å². The van der Waals surface area contributed by atoms with Gasteiger partial charge in [0.05, 0.1) is 0 Å². The number of nitrogens with one attached hydrogen (secondary N) is 1. The molecule has 1 amide bonds. The Labute approximate surface area is 185 Å². The molecule has 0 saturated heterocycles. The quantitative estimate of drug-likeness (QED) is 0.512. The fourth-order valence-corrected chi connectivity index (χ4v) is 3.30. The van der Waals surface area contributed by atoms with Crippen LogP contribution in [-0.4, -0.2) is 25.0 Å². The maximum atomic E-state index is 13.7. The highest BCUT2D eigenvalue weighted by Gasteiger charge is 2.16. The monoisotopic (exact) mass is 453 g/mol. The summed E-state index contributed by atoms with van der Waals surface area (Å²) in [5.74, 6) is -0.804. The van der Waals surface area contributed by atoms with Crippen LogP contribution in [-0.2, 0) is 18.4 Å². The molecule has 2 aromatic carbocycles. The third kappa shape index (κ3) is 4.02. The van der Waals surface area contributed by atoms with E-state index < -0.39 is 29.5 Å². The van der Waals surface area contributed by atoms with Crippen LogP contribution >= 0.6 is 11.6 Å². The summed E-state index contributed by atoms with van der Waals surface area (Å²) in [4.78, 5) is 46.7. The van der Waals surface area contributed by atoms with Crippen molar-refractivity contribution in [2.75, 3.05) is 5.32 Å². The highest BCUT2D eigenvalue weighted by atomic mass is 35.5. The first-order chi connectivity index (χ1) is 15.2. The third-order valence-electron chi connectivity index (χ3n) is 4.94. The third-order valence-corrected chi connectivity index (χ3v) is 5.19. The van der Waals surface area contributed by atoms with Crippen molar-refractivity contribution in [3.8, 4) is 11.4 Å². The number of hydrogen-bond acceptors (Lipinski definition) is 5. The van der Waals surface area contributed by atoms with Crippen LogP contribution in [0.2, 0.25) is 5.02 Å². The first-order valence-corrected chi connectivity index (χ1v) is 9.91. The molecule has 10 heteroatoms. The smallest absolute Gasteiger partial charge is 0.324 e. The Kier molecular flexibility index (Phi) is 5.58. The SMILES string of the molecule is Cc1ccc(NC(=O)Cn2c(=O)c3cnc(-c4ccc(Cl)cc4)nc3n(C)c2=O)cc1F. The van der Waals surface area contributed by atoms with Crippen LogP contribution in [0.15, 0.2) is 58.3 Å². The van der Waals surface area contributed by atoms with Crippen LogP contribution in [0.25, 0.3) is 22.4 Å². The van der Waals surface area contributed by atoms with Crippen molar-refractivity contribution in [2.45, 2.75) is 13.5 Å². The minimum Gasteiger partial charge on any atom is -0.324 e. The number of carbonyl (C=O) groups excluding carboxylic acids is 1. The average molecular weight is 454 g/mol. The lowest BCUT2D eigenvalue weighted by Crippen LogP contribution is -2.42. The van der Waals surface area contributed by atoms with Gasteiger partial charge in [0.15, 0.2) is 11.5 Å². The predicted molar refractivity (Wildman–Crippen MR) is 119 cm³/mol. The summed E-state index contributed by atoms with van der Waals surface area (Å²) in [6.07, 6.45) is 1.32.